The molecule has 1 aromatic carbocycles. The molecule has 5 rings (SSSR count). The van der Waals surface area contributed by atoms with Crippen molar-refractivity contribution >= 4 is 27.5 Å². The number of fused-ring (bicyclic) bond motifs is 1. The van der Waals surface area contributed by atoms with Gasteiger partial charge in [-0.1, -0.05) is 0 Å². The van der Waals surface area contributed by atoms with E-state index in [2.05, 4.69) is 16.3 Å². The van der Waals surface area contributed by atoms with E-state index >= 15 is 0 Å². The topological polar surface area (TPSA) is 87.2 Å². The van der Waals surface area contributed by atoms with E-state index in [9.17, 15) is 5.26 Å². The number of likely N-dealkylation sites (tertiary alicyclic amines) is 1. The Morgan fingerprint density at radius 3 is 2.70 bits per heavy atom. The first-order chi connectivity index (χ1) is 16.1. The number of ether oxygens (including phenoxy) is 1. The predicted octanol–water partition coefficient (Wildman–Crippen LogP) is 5.64. The largest absolute Gasteiger partial charge is 0.468 e. The van der Waals surface area contributed by atoms with E-state index in [0.717, 1.165) is 65.3 Å². The van der Waals surface area contributed by atoms with Gasteiger partial charge in [0.2, 0.25) is 11.8 Å². The number of hydrogen-bond donors (Lipinski definition) is 1. The zero-order valence-electron chi connectivity index (χ0n) is 18.7. The molecular formula is C25H25N5O2S. The van der Waals surface area contributed by atoms with Crippen molar-refractivity contribution in [2.24, 2.45) is 0 Å². The molecule has 4 heterocycles. The molecule has 1 N–H and O–H groups in total. The molecule has 33 heavy (non-hydrogen) atoms. The lowest BCUT2D eigenvalue weighted by Gasteiger charge is -2.31. The maximum atomic E-state index is 9.23. The molecule has 1 aliphatic heterocycles. The van der Waals surface area contributed by atoms with Gasteiger partial charge in [-0.05, 0) is 73.5 Å². The highest BCUT2D eigenvalue weighted by molar-refractivity contribution is 7.17. The molecule has 3 aromatic heterocycles. The fourth-order valence-electron chi connectivity index (χ4n) is 4.28. The zero-order valence-corrected chi connectivity index (χ0v) is 19.5. The number of nitriles is 1. The van der Waals surface area contributed by atoms with Crippen molar-refractivity contribution in [3.63, 3.8) is 0 Å². The van der Waals surface area contributed by atoms with Crippen LogP contribution in [0.5, 0.6) is 11.6 Å². The molecule has 0 unspecified atom stereocenters. The van der Waals surface area contributed by atoms with Crippen molar-refractivity contribution in [3.8, 4) is 17.7 Å². The smallest absolute Gasteiger partial charge is 0.242 e. The van der Waals surface area contributed by atoms with Gasteiger partial charge in [0.25, 0.3) is 0 Å². The van der Waals surface area contributed by atoms with E-state index in [1.807, 2.05) is 49.6 Å². The van der Waals surface area contributed by atoms with Gasteiger partial charge in [-0.3, -0.25) is 4.90 Å². The van der Waals surface area contributed by atoms with Crippen LogP contribution in [0.25, 0.3) is 10.2 Å². The molecule has 1 saturated heterocycles. The SMILES string of the molecule is Cc1cc(C#N)cc(C)c1Oc1nc(NC2CCN(Cc3ccco3)CC2)nc2ccsc12. The summed E-state index contributed by atoms with van der Waals surface area (Å²) in [5.41, 5.74) is 3.32. The summed E-state index contributed by atoms with van der Waals surface area (Å²) in [6, 6.07) is 12.1. The summed E-state index contributed by atoms with van der Waals surface area (Å²) in [4.78, 5) is 11.9. The molecule has 0 radical (unpaired) electrons. The highest BCUT2D eigenvalue weighted by Gasteiger charge is 2.22. The Morgan fingerprint density at radius 1 is 1.21 bits per heavy atom. The van der Waals surface area contributed by atoms with Gasteiger partial charge in [-0.2, -0.15) is 10.2 Å². The molecule has 0 amide bonds. The number of nitrogens with zero attached hydrogens (tertiary/aromatic N) is 4. The van der Waals surface area contributed by atoms with Crippen molar-refractivity contribution in [1.82, 2.24) is 14.9 Å². The van der Waals surface area contributed by atoms with Gasteiger partial charge >= 0.3 is 0 Å². The molecule has 0 spiro atoms. The molecule has 168 valence electrons. The Morgan fingerprint density at radius 2 is 2.00 bits per heavy atom. The average molecular weight is 460 g/mol. The fourth-order valence-corrected chi connectivity index (χ4v) is 5.04. The highest BCUT2D eigenvalue weighted by Crippen LogP contribution is 2.35. The molecule has 1 fully saturated rings. The van der Waals surface area contributed by atoms with E-state index in [-0.39, 0.29) is 0 Å². The van der Waals surface area contributed by atoms with Gasteiger partial charge in [-0.15, -0.1) is 11.3 Å². The summed E-state index contributed by atoms with van der Waals surface area (Å²) in [5, 5.41) is 14.8. The number of aryl methyl sites for hydroxylation is 2. The fraction of sp³-hybridized carbons (Fsp3) is 0.320. The number of benzene rings is 1. The van der Waals surface area contributed by atoms with Crippen LogP contribution in [-0.4, -0.2) is 34.0 Å². The summed E-state index contributed by atoms with van der Waals surface area (Å²) in [7, 11) is 0. The molecule has 0 bridgehead atoms. The van der Waals surface area contributed by atoms with Gasteiger partial charge < -0.3 is 14.5 Å². The first-order valence-corrected chi connectivity index (χ1v) is 11.9. The van der Waals surface area contributed by atoms with Gasteiger partial charge in [0, 0.05) is 19.1 Å². The maximum absolute atomic E-state index is 9.23. The van der Waals surface area contributed by atoms with Crippen LogP contribution in [0.2, 0.25) is 0 Å². The second kappa shape index (κ2) is 9.22. The van der Waals surface area contributed by atoms with E-state index in [4.69, 9.17) is 19.1 Å². The van der Waals surface area contributed by atoms with Crippen molar-refractivity contribution in [2.45, 2.75) is 39.3 Å². The van der Waals surface area contributed by atoms with Crippen LogP contribution in [0, 0.1) is 25.2 Å². The molecule has 4 aromatic rings. The number of nitrogens with one attached hydrogen (secondary N) is 1. The second-order valence-electron chi connectivity index (χ2n) is 8.41. The van der Waals surface area contributed by atoms with Gasteiger partial charge in [0.1, 0.15) is 16.2 Å². The number of furan rings is 1. The Kier molecular flexibility index (Phi) is 5.99. The number of thiophene rings is 1. The first kappa shape index (κ1) is 21.4. The monoisotopic (exact) mass is 459 g/mol. The molecule has 8 heteroatoms. The molecular weight excluding hydrogens is 434 g/mol. The van der Waals surface area contributed by atoms with E-state index in [0.29, 0.717) is 23.4 Å². The summed E-state index contributed by atoms with van der Waals surface area (Å²) < 4.78 is 12.7. The van der Waals surface area contributed by atoms with Crippen molar-refractivity contribution in [1.29, 1.82) is 5.26 Å². The van der Waals surface area contributed by atoms with Crippen LogP contribution >= 0.6 is 11.3 Å². The summed E-state index contributed by atoms with van der Waals surface area (Å²) >= 11 is 1.56. The van der Waals surface area contributed by atoms with Crippen LogP contribution in [-0.2, 0) is 6.54 Å². The Balaban J connectivity index is 1.32. The third-order valence-corrected chi connectivity index (χ3v) is 6.83. The van der Waals surface area contributed by atoms with Crippen molar-refractivity contribution in [2.75, 3.05) is 18.4 Å². The Hall–Kier alpha value is -3.41. The van der Waals surface area contributed by atoms with Crippen LogP contribution in [0.3, 0.4) is 0 Å². The second-order valence-corrected chi connectivity index (χ2v) is 9.33. The average Bonchev–Trinajstić information content (AvgIpc) is 3.49. The number of aromatic nitrogens is 2. The minimum atomic E-state index is 0.306. The zero-order chi connectivity index (χ0) is 22.8. The van der Waals surface area contributed by atoms with Gasteiger partial charge in [-0.25, -0.2) is 4.98 Å². The highest BCUT2D eigenvalue weighted by atomic mass is 32.1. The van der Waals surface area contributed by atoms with Gasteiger partial charge in [0.15, 0.2) is 0 Å². The van der Waals surface area contributed by atoms with Crippen molar-refractivity contribution in [3.05, 3.63) is 64.4 Å². The summed E-state index contributed by atoms with van der Waals surface area (Å²) in [5.74, 6) is 2.87. The third kappa shape index (κ3) is 4.70. The minimum absolute atomic E-state index is 0.306. The van der Waals surface area contributed by atoms with Crippen molar-refractivity contribution < 1.29 is 9.15 Å². The molecule has 0 atom stereocenters. The van der Waals surface area contributed by atoms with E-state index in [1.54, 1.807) is 17.6 Å². The number of piperidine rings is 1. The molecule has 0 saturated carbocycles. The molecule has 1 aliphatic rings. The lowest BCUT2D eigenvalue weighted by Crippen LogP contribution is -2.38. The quantitative estimate of drug-likeness (QED) is 0.399. The van der Waals surface area contributed by atoms with Crippen LogP contribution in [0.4, 0.5) is 5.95 Å². The maximum Gasteiger partial charge on any atom is 0.242 e. The van der Waals surface area contributed by atoms with E-state index < -0.39 is 0 Å². The normalized spacial score (nSPS) is 14.9. The first-order valence-electron chi connectivity index (χ1n) is 11.0. The predicted molar refractivity (Wildman–Crippen MR) is 129 cm³/mol. The van der Waals surface area contributed by atoms with E-state index in [1.165, 1.54) is 0 Å². The van der Waals surface area contributed by atoms with Crippen LogP contribution in [0.1, 0.15) is 35.3 Å². The Bertz CT molecular complexity index is 1280. The number of hydrogen-bond acceptors (Lipinski definition) is 8. The minimum Gasteiger partial charge on any atom is -0.468 e. The summed E-state index contributed by atoms with van der Waals surface area (Å²) in [6.07, 6.45) is 3.74. The van der Waals surface area contributed by atoms with Crippen LogP contribution < -0.4 is 10.1 Å². The Labute approximate surface area is 196 Å². The number of rotatable bonds is 6. The third-order valence-electron chi connectivity index (χ3n) is 5.94. The molecule has 7 nitrogen and oxygen atoms in total. The lowest BCUT2D eigenvalue weighted by atomic mass is 10.1. The molecule has 0 aliphatic carbocycles. The number of anilines is 1. The van der Waals surface area contributed by atoms with Crippen LogP contribution in [0.15, 0.2) is 46.4 Å². The van der Waals surface area contributed by atoms with Gasteiger partial charge in [0.05, 0.1) is 30.0 Å². The summed E-state index contributed by atoms with van der Waals surface area (Å²) in [6.45, 7) is 6.73. The standard InChI is InChI=1S/C25H25N5O2S/c1-16-12-18(14-26)13-17(2)22(16)32-24-23-21(7-11-33-23)28-25(29-24)27-19-5-8-30(9-6-19)15-20-4-3-10-31-20/h3-4,7,10-13,19H,5-6,8-9,15H2,1-2H3,(H,27,28,29). The lowest BCUT2D eigenvalue weighted by molar-refractivity contribution is 0.196.